The van der Waals surface area contributed by atoms with E-state index < -0.39 is 48.5 Å². The van der Waals surface area contributed by atoms with E-state index in [1.807, 2.05) is 4.98 Å². The fourth-order valence-electron chi connectivity index (χ4n) is 2.14. The van der Waals surface area contributed by atoms with Gasteiger partial charge in [0.2, 0.25) is 0 Å². The number of hydrogen-bond acceptors (Lipinski definition) is 7. The first kappa shape index (κ1) is 16.8. The minimum Gasteiger partial charge on any atom is -0.438 e. The van der Waals surface area contributed by atoms with E-state index in [1.54, 1.807) is 0 Å². The van der Waals surface area contributed by atoms with E-state index in [2.05, 4.69) is 11.2 Å². The fourth-order valence-corrected chi connectivity index (χ4v) is 2.14. The standard InChI is InChI=1S/C13H15N3O7/c1-2-4-14-13(21)23-10-9(19)7(6-17)22-11(10)16-5-3-8(18)15-12(16)20/h1,3,5,7,9-11,17,19H,4,6H2,(H,14,21)(H,15,18,20)/t7-,9-,10-,11-/m1/s1. The number of amides is 1. The van der Waals surface area contributed by atoms with Crippen molar-refractivity contribution in [2.24, 2.45) is 0 Å². The van der Waals surface area contributed by atoms with E-state index in [0.717, 1.165) is 16.8 Å². The molecule has 0 aliphatic carbocycles. The molecule has 0 saturated carbocycles. The van der Waals surface area contributed by atoms with Crippen molar-refractivity contribution in [2.45, 2.75) is 24.5 Å². The smallest absolute Gasteiger partial charge is 0.408 e. The molecular weight excluding hydrogens is 310 g/mol. The number of aromatic amines is 1. The number of nitrogens with one attached hydrogen (secondary N) is 2. The summed E-state index contributed by atoms with van der Waals surface area (Å²) in [6.45, 7) is -0.642. The van der Waals surface area contributed by atoms with Crippen molar-refractivity contribution in [3.05, 3.63) is 33.1 Å². The molecule has 0 radical (unpaired) electrons. The predicted molar refractivity (Wildman–Crippen MR) is 75.4 cm³/mol. The molecule has 124 valence electrons. The lowest BCUT2D eigenvalue weighted by Gasteiger charge is -2.21. The highest BCUT2D eigenvalue weighted by atomic mass is 16.6. The molecule has 10 heteroatoms. The van der Waals surface area contributed by atoms with Gasteiger partial charge in [-0.2, -0.15) is 0 Å². The maximum atomic E-state index is 11.8. The molecule has 1 aromatic heterocycles. The number of aromatic nitrogens is 2. The zero-order valence-electron chi connectivity index (χ0n) is 11.8. The molecule has 2 heterocycles. The highest BCUT2D eigenvalue weighted by Crippen LogP contribution is 2.30. The number of aliphatic hydroxyl groups is 2. The minimum absolute atomic E-state index is 0.0881. The zero-order chi connectivity index (χ0) is 17.0. The predicted octanol–water partition coefficient (Wildman–Crippen LogP) is -2.48. The maximum Gasteiger partial charge on any atom is 0.408 e. The van der Waals surface area contributed by atoms with E-state index in [4.69, 9.17) is 15.9 Å². The second-order valence-corrected chi connectivity index (χ2v) is 4.68. The summed E-state index contributed by atoms with van der Waals surface area (Å²) in [6.07, 6.45) is 0.272. The lowest BCUT2D eigenvalue weighted by atomic mass is 10.1. The number of H-pyrrole nitrogens is 1. The number of rotatable bonds is 4. The van der Waals surface area contributed by atoms with Crippen LogP contribution in [0.25, 0.3) is 0 Å². The van der Waals surface area contributed by atoms with Crippen molar-refractivity contribution in [2.75, 3.05) is 13.2 Å². The van der Waals surface area contributed by atoms with Crippen LogP contribution in [0.1, 0.15) is 6.23 Å². The van der Waals surface area contributed by atoms with Crippen LogP contribution in [-0.4, -0.2) is 57.3 Å². The van der Waals surface area contributed by atoms with Crippen molar-refractivity contribution in [3.63, 3.8) is 0 Å². The molecule has 1 amide bonds. The summed E-state index contributed by atoms with van der Waals surface area (Å²) in [4.78, 5) is 36.6. The number of aliphatic hydroxyl groups excluding tert-OH is 2. The minimum atomic E-state index is -1.37. The summed E-state index contributed by atoms with van der Waals surface area (Å²) in [7, 11) is 0. The number of alkyl carbamates (subject to hydrolysis) is 1. The second-order valence-electron chi connectivity index (χ2n) is 4.68. The summed E-state index contributed by atoms with van der Waals surface area (Å²) in [6, 6.07) is 1.07. The van der Waals surface area contributed by atoms with Crippen molar-refractivity contribution in [1.29, 1.82) is 0 Å². The third kappa shape index (κ3) is 3.59. The Morgan fingerprint density at radius 1 is 1.57 bits per heavy atom. The van der Waals surface area contributed by atoms with E-state index in [1.165, 1.54) is 0 Å². The molecule has 1 aliphatic rings. The Morgan fingerprint density at radius 3 is 2.91 bits per heavy atom. The first-order valence-electron chi connectivity index (χ1n) is 6.61. The molecule has 1 aromatic rings. The van der Waals surface area contributed by atoms with Gasteiger partial charge in [-0.1, -0.05) is 5.92 Å². The van der Waals surface area contributed by atoms with Crippen LogP contribution in [0.3, 0.4) is 0 Å². The Kier molecular flexibility index (Phi) is 5.17. The molecule has 1 fully saturated rings. The Bertz CT molecular complexity index is 719. The molecule has 4 atom stereocenters. The Labute approximate surface area is 129 Å². The Hall–Kier alpha value is -2.61. The average Bonchev–Trinajstić information content (AvgIpc) is 2.82. The second kappa shape index (κ2) is 7.10. The van der Waals surface area contributed by atoms with E-state index >= 15 is 0 Å². The Balaban J connectivity index is 2.27. The van der Waals surface area contributed by atoms with Gasteiger partial charge in [0, 0.05) is 12.3 Å². The van der Waals surface area contributed by atoms with E-state index in [9.17, 15) is 24.6 Å². The quantitative estimate of drug-likeness (QED) is 0.449. The first-order chi connectivity index (χ1) is 11.0. The van der Waals surface area contributed by atoms with Crippen LogP contribution in [0, 0.1) is 12.3 Å². The highest BCUT2D eigenvalue weighted by molar-refractivity contribution is 5.67. The van der Waals surface area contributed by atoms with Gasteiger partial charge in [0.05, 0.1) is 13.2 Å². The SMILES string of the molecule is C#CCNC(=O)O[C@@H]1[C@H](O)[C@@H](CO)O[C@H]1n1ccc(=O)[nH]c1=O. The summed E-state index contributed by atoms with van der Waals surface area (Å²) in [5.74, 6) is 2.17. The maximum absolute atomic E-state index is 11.8. The fraction of sp³-hybridized carbons (Fsp3) is 0.462. The van der Waals surface area contributed by atoms with Crippen LogP contribution in [0.15, 0.2) is 21.9 Å². The Morgan fingerprint density at radius 2 is 2.30 bits per heavy atom. The van der Waals surface area contributed by atoms with Crippen LogP contribution in [-0.2, 0) is 9.47 Å². The molecule has 1 aliphatic heterocycles. The molecule has 23 heavy (non-hydrogen) atoms. The largest absolute Gasteiger partial charge is 0.438 e. The molecular formula is C13H15N3O7. The van der Waals surface area contributed by atoms with Gasteiger partial charge < -0.3 is 25.0 Å². The third-order valence-electron chi connectivity index (χ3n) is 3.20. The van der Waals surface area contributed by atoms with Gasteiger partial charge >= 0.3 is 11.8 Å². The monoisotopic (exact) mass is 325 g/mol. The zero-order valence-corrected chi connectivity index (χ0v) is 11.8. The van der Waals surface area contributed by atoms with Crippen LogP contribution in [0.5, 0.6) is 0 Å². The molecule has 0 spiro atoms. The number of carbonyl (C=O) groups excluding carboxylic acids is 1. The molecule has 0 aromatic carbocycles. The normalized spacial score (nSPS) is 26.5. The van der Waals surface area contributed by atoms with Gasteiger partial charge in [-0.3, -0.25) is 14.3 Å². The molecule has 2 rings (SSSR count). The topological polar surface area (TPSA) is 143 Å². The summed E-state index contributed by atoms with van der Waals surface area (Å²) in [5.41, 5.74) is -1.43. The molecule has 1 saturated heterocycles. The van der Waals surface area contributed by atoms with Crippen LogP contribution < -0.4 is 16.6 Å². The average molecular weight is 325 g/mol. The van der Waals surface area contributed by atoms with E-state index in [-0.39, 0.29) is 6.54 Å². The van der Waals surface area contributed by atoms with E-state index in [0.29, 0.717) is 0 Å². The summed E-state index contributed by atoms with van der Waals surface area (Å²) in [5, 5.41) is 21.5. The van der Waals surface area contributed by atoms with Gasteiger partial charge in [-0.25, -0.2) is 9.59 Å². The van der Waals surface area contributed by atoms with Crippen LogP contribution >= 0.6 is 0 Å². The molecule has 0 unspecified atom stereocenters. The molecule has 10 nitrogen and oxygen atoms in total. The summed E-state index contributed by atoms with van der Waals surface area (Å²) >= 11 is 0. The number of carbonyl (C=O) groups is 1. The number of terminal acetylenes is 1. The first-order valence-corrected chi connectivity index (χ1v) is 6.61. The highest BCUT2D eigenvalue weighted by Gasteiger charge is 2.47. The van der Waals surface area contributed by atoms with Gasteiger partial charge in [-0.15, -0.1) is 6.42 Å². The number of ether oxygens (including phenoxy) is 2. The number of hydrogen-bond donors (Lipinski definition) is 4. The molecule has 4 N–H and O–H groups in total. The van der Waals surface area contributed by atoms with Crippen LogP contribution in [0.2, 0.25) is 0 Å². The van der Waals surface area contributed by atoms with Gasteiger partial charge in [0.25, 0.3) is 5.56 Å². The van der Waals surface area contributed by atoms with Crippen molar-refractivity contribution < 1.29 is 24.5 Å². The third-order valence-corrected chi connectivity index (χ3v) is 3.20. The van der Waals surface area contributed by atoms with Gasteiger partial charge in [-0.05, 0) is 0 Å². The van der Waals surface area contributed by atoms with Crippen molar-refractivity contribution in [1.82, 2.24) is 14.9 Å². The summed E-state index contributed by atoms with van der Waals surface area (Å²) < 4.78 is 11.3. The lowest BCUT2D eigenvalue weighted by Crippen LogP contribution is -2.42. The van der Waals surface area contributed by atoms with Gasteiger partial charge in [0.15, 0.2) is 12.3 Å². The van der Waals surface area contributed by atoms with Gasteiger partial charge in [0.1, 0.15) is 12.2 Å². The number of nitrogens with zero attached hydrogens (tertiary/aromatic N) is 1. The van der Waals surface area contributed by atoms with Crippen molar-refractivity contribution in [3.8, 4) is 12.3 Å². The lowest BCUT2D eigenvalue weighted by molar-refractivity contribution is -0.0569. The van der Waals surface area contributed by atoms with Crippen LogP contribution in [0.4, 0.5) is 4.79 Å². The molecule has 0 bridgehead atoms. The van der Waals surface area contributed by atoms with Crippen molar-refractivity contribution >= 4 is 6.09 Å².